The molecule has 1 atom stereocenters. The molecule has 1 aliphatic rings. The highest BCUT2D eigenvalue weighted by molar-refractivity contribution is 5.17. The van der Waals surface area contributed by atoms with Crippen LogP contribution in [0.25, 0.3) is 0 Å². The van der Waals surface area contributed by atoms with E-state index in [0.717, 1.165) is 25.1 Å². The molecule has 0 aliphatic carbocycles. The molecule has 0 spiro atoms. The maximum Gasteiger partial charge on any atom is 0.401 e. The molecule has 0 aromatic heterocycles. The number of hydrogen-bond donors (Lipinski definition) is 1. The molecule has 0 amide bonds. The third kappa shape index (κ3) is 5.24. The monoisotopic (exact) mass is 308 g/mol. The van der Waals surface area contributed by atoms with Crippen LogP contribution in [-0.4, -0.2) is 36.8 Å². The molecule has 0 saturated carbocycles. The Morgan fingerprint density at radius 1 is 1.19 bits per heavy atom. The summed E-state index contributed by atoms with van der Waals surface area (Å²) in [6, 6.07) is 3.45. The van der Waals surface area contributed by atoms with E-state index in [-0.39, 0.29) is 6.04 Å². The van der Waals surface area contributed by atoms with Crippen molar-refractivity contribution in [3.8, 4) is 0 Å². The van der Waals surface area contributed by atoms with Crippen LogP contribution in [0.1, 0.15) is 18.4 Å². The molecule has 1 unspecified atom stereocenters. The molecule has 1 N–H and O–H groups in total. The van der Waals surface area contributed by atoms with Crippen molar-refractivity contribution in [2.75, 3.05) is 19.6 Å². The summed E-state index contributed by atoms with van der Waals surface area (Å²) in [6.07, 6.45) is -2.76. The van der Waals surface area contributed by atoms with Crippen molar-refractivity contribution in [2.45, 2.75) is 31.6 Å². The van der Waals surface area contributed by atoms with Crippen molar-refractivity contribution < 1.29 is 22.0 Å². The summed E-state index contributed by atoms with van der Waals surface area (Å²) in [7, 11) is 0. The van der Waals surface area contributed by atoms with Gasteiger partial charge in [-0.25, -0.2) is 8.78 Å². The van der Waals surface area contributed by atoms with Crippen molar-refractivity contribution in [3.63, 3.8) is 0 Å². The first kappa shape index (κ1) is 16.2. The van der Waals surface area contributed by atoms with E-state index in [4.69, 9.17) is 0 Å². The quantitative estimate of drug-likeness (QED) is 0.860. The van der Waals surface area contributed by atoms with Crippen LogP contribution in [0.4, 0.5) is 22.0 Å². The topological polar surface area (TPSA) is 15.3 Å². The van der Waals surface area contributed by atoms with Crippen LogP contribution in [0.2, 0.25) is 0 Å². The highest BCUT2D eigenvalue weighted by Crippen LogP contribution is 2.18. The van der Waals surface area contributed by atoms with E-state index >= 15 is 0 Å². The zero-order valence-corrected chi connectivity index (χ0v) is 11.4. The molecule has 1 fully saturated rings. The second kappa shape index (κ2) is 6.70. The lowest BCUT2D eigenvalue weighted by atomic mass is 10.0. The normalized spacial score (nSPS) is 20.7. The summed E-state index contributed by atoms with van der Waals surface area (Å²) in [4.78, 5) is 1.95. The number of piperidine rings is 1. The molecule has 1 saturated heterocycles. The summed E-state index contributed by atoms with van der Waals surface area (Å²) in [5.41, 5.74) is 0.616. The fourth-order valence-corrected chi connectivity index (χ4v) is 2.52. The van der Waals surface area contributed by atoms with E-state index in [9.17, 15) is 22.0 Å². The van der Waals surface area contributed by atoms with Gasteiger partial charge in [0.15, 0.2) is 11.6 Å². The average Bonchev–Trinajstić information content (AvgIpc) is 2.40. The van der Waals surface area contributed by atoms with Crippen LogP contribution in [-0.2, 0) is 6.54 Å². The van der Waals surface area contributed by atoms with E-state index in [0.29, 0.717) is 25.1 Å². The molecule has 1 heterocycles. The zero-order valence-electron chi connectivity index (χ0n) is 11.4. The van der Waals surface area contributed by atoms with Gasteiger partial charge in [0, 0.05) is 19.1 Å². The number of nitrogens with zero attached hydrogens (tertiary/aromatic N) is 1. The van der Waals surface area contributed by atoms with Crippen LogP contribution in [0.5, 0.6) is 0 Å². The SMILES string of the molecule is Fc1ccc(CN2CCCC(NCC(F)(F)F)C2)cc1F. The number of likely N-dealkylation sites (tertiary alicyclic amines) is 1. The maximum atomic E-state index is 13.1. The van der Waals surface area contributed by atoms with Gasteiger partial charge in [0.25, 0.3) is 0 Å². The van der Waals surface area contributed by atoms with Crippen LogP contribution >= 0.6 is 0 Å². The molecule has 1 aromatic carbocycles. The van der Waals surface area contributed by atoms with Crippen LogP contribution in [0.3, 0.4) is 0 Å². The molecule has 7 heteroatoms. The number of hydrogen-bond acceptors (Lipinski definition) is 2. The Labute approximate surface area is 119 Å². The molecule has 1 aliphatic heterocycles. The summed E-state index contributed by atoms with van der Waals surface area (Å²) in [6.45, 7) is 0.607. The lowest BCUT2D eigenvalue weighted by Crippen LogP contribution is -2.47. The fraction of sp³-hybridized carbons (Fsp3) is 0.571. The summed E-state index contributed by atoms with van der Waals surface area (Å²) in [5.74, 6) is -1.81. The summed E-state index contributed by atoms with van der Waals surface area (Å²) in [5, 5.41) is 2.50. The molecular formula is C14H17F5N2. The number of nitrogens with one attached hydrogen (secondary N) is 1. The average molecular weight is 308 g/mol. The van der Waals surface area contributed by atoms with Gasteiger partial charge >= 0.3 is 6.18 Å². The molecule has 0 radical (unpaired) electrons. The van der Waals surface area contributed by atoms with Gasteiger partial charge in [-0.05, 0) is 37.1 Å². The van der Waals surface area contributed by atoms with Crippen molar-refractivity contribution in [1.82, 2.24) is 10.2 Å². The van der Waals surface area contributed by atoms with Crippen molar-refractivity contribution in [3.05, 3.63) is 35.4 Å². The standard InChI is InChI=1S/C14H17F5N2/c15-12-4-3-10(6-13(12)16)7-21-5-1-2-11(8-21)20-9-14(17,18)19/h3-4,6,11,20H,1-2,5,7-9H2. The Kier molecular flexibility index (Phi) is 5.16. The third-order valence-corrected chi connectivity index (χ3v) is 3.49. The maximum absolute atomic E-state index is 13.1. The van der Waals surface area contributed by atoms with Crippen molar-refractivity contribution in [1.29, 1.82) is 0 Å². The van der Waals surface area contributed by atoms with E-state index in [1.54, 1.807) is 0 Å². The molecule has 118 valence electrons. The van der Waals surface area contributed by atoms with Crippen LogP contribution < -0.4 is 5.32 Å². The van der Waals surface area contributed by atoms with Crippen molar-refractivity contribution >= 4 is 0 Å². The van der Waals surface area contributed by atoms with Crippen molar-refractivity contribution in [2.24, 2.45) is 0 Å². The largest absolute Gasteiger partial charge is 0.401 e. The molecule has 21 heavy (non-hydrogen) atoms. The minimum atomic E-state index is -4.22. The number of benzene rings is 1. The highest BCUT2D eigenvalue weighted by atomic mass is 19.4. The molecule has 2 rings (SSSR count). The molecular weight excluding hydrogens is 291 g/mol. The minimum absolute atomic E-state index is 0.231. The Hall–Kier alpha value is -1.21. The highest BCUT2D eigenvalue weighted by Gasteiger charge is 2.29. The fourth-order valence-electron chi connectivity index (χ4n) is 2.52. The lowest BCUT2D eigenvalue weighted by molar-refractivity contribution is -0.127. The van der Waals surface area contributed by atoms with Gasteiger partial charge < -0.3 is 5.32 Å². The Bertz CT molecular complexity index is 475. The number of rotatable bonds is 4. The van der Waals surface area contributed by atoms with Gasteiger partial charge in [-0.1, -0.05) is 6.07 Å². The van der Waals surface area contributed by atoms with Gasteiger partial charge in [-0.2, -0.15) is 13.2 Å². The second-order valence-electron chi connectivity index (χ2n) is 5.32. The Morgan fingerprint density at radius 2 is 1.95 bits per heavy atom. The number of halogens is 5. The molecule has 2 nitrogen and oxygen atoms in total. The van der Waals surface area contributed by atoms with E-state index in [1.807, 2.05) is 4.90 Å². The van der Waals surface area contributed by atoms with Gasteiger partial charge in [0.2, 0.25) is 0 Å². The predicted octanol–water partition coefficient (Wildman–Crippen LogP) is 3.08. The van der Waals surface area contributed by atoms with Crippen LogP contribution in [0.15, 0.2) is 18.2 Å². The van der Waals surface area contributed by atoms with E-state index < -0.39 is 24.4 Å². The Balaban J connectivity index is 1.87. The number of alkyl halides is 3. The predicted molar refractivity (Wildman–Crippen MR) is 68.7 cm³/mol. The van der Waals surface area contributed by atoms with Gasteiger partial charge in [0.1, 0.15) is 0 Å². The first-order valence-corrected chi connectivity index (χ1v) is 6.80. The van der Waals surface area contributed by atoms with Gasteiger partial charge in [0.05, 0.1) is 6.54 Å². The van der Waals surface area contributed by atoms with E-state index in [2.05, 4.69) is 5.32 Å². The molecule has 0 bridgehead atoms. The third-order valence-electron chi connectivity index (χ3n) is 3.49. The van der Waals surface area contributed by atoms with Gasteiger partial charge in [-0.15, -0.1) is 0 Å². The van der Waals surface area contributed by atoms with Crippen LogP contribution in [0, 0.1) is 11.6 Å². The summed E-state index contributed by atoms with van der Waals surface area (Å²) >= 11 is 0. The minimum Gasteiger partial charge on any atom is -0.305 e. The molecule has 1 aromatic rings. The first-order chi connectivity index (χ1) is 9.83. The summed E-state index contributed by atoms with van der Waals surface area (Å²) < 4.78 is 62.5. The Morgan fingerprint density at radius 3 is 2.62 bits per heavy atom. The smallest absolute Gasteiger partial charge is 0.305 e. The second-order valence-corrected chi connectivity index (χ2v) is 5.32. The first-order valence-electron chi connectivity index (χ1n) is 6.80. The van der Waals surface area contributed by atoms with Gasteiger partial charge in [-0.3, -0.25) is 4.90 Å². The zero-order chi connectivity index (χ0) is 15.5. The van der Waals surface area contributed by atoms with E-state index in [1.165, 1.54) is 6.07 Å². The lowest BCUT2D eigenvalue weighted by Gasteiger charge is -2.33.